The van der Waals surface area contributed by atoms with Crippen molar-refractivity contribution in [3.05, 3.63) is 121 Å². The van der Waals surface area contributed by atoms with E-state index in [1.54, 1.807) is 0 Å². The monoisotopic (exact) mass is 425 g/mol. The molecule has 1 aromatic heterocycles. The summed E-state index contributed by atoms with van der Waals surface area (Å²) < 4.78 is 2.33. The molecule has 158 valence electrons. The van der Waals surface area contributed by atoms with E-state index in [9.17, 15) is 0 Å². The van der Waals surface area contributed by atoms with Crippen molar-refractivity contribution in [1.29, 1.82) is 0 Å². The molecule has 33 heavy (non-hydrogen) atoms. The third-order valence-electron chi connectivity index (χ3n) is 6.11. The maximum Gasteiger partial charge on any atom is 0.0542 e. The average molecular weight is 426 g/mol. The Bertz CT molecular complexity index is 1580. The van der Waals surface area contributed by atoms with Crippen molar-refractivity contribution < 1.29 is 0 Å². The number of fused-ring (bicyclic) bond motifs is 3. The number of aromatic nitrogens is 1. The van der Waals surface area contributed by atoms with Crippen LogP contribution in [0.25, 0.3) is 38.6 Å². The van der Waals surface area contributed by atoms with E-state index in [1.807, 2.05) is 12.1 Å². The van der Waals surface area contributed by atoms with E-state index < -0.39 is 0 Å². The number of nitrogens with one attached hydrogen (secondary N) is 1. The first-order chi connectivity index (χ1) is 16.3. The van der Waals surface area contributed by atoms with E-state index in [1.165, 1.54) is 21.8 Å². The van der Waals surface area contributed by atoms with Crippen molar-refractivity contribution in [3.63, 3.8) is 0 Å². The van der Waals surface area contributed by atoms with Crippen LogP contribution >= 0.6 is 0 Å². The molecule has 6 rings (SSSR count). The zero-order chi connectivity index (χ0) is 22.2. The number of benzene rings is 5. The van der Waals surface area contributed by atoms with Gasteiger partial charge in [-0.3, -0.25) is 0 Å². The van der Waals surface area contributed by atoms with Crippen LogP contribution in [0.5, 0.6) is 0 Å². The highest BCUT2D eigenvalue weighted by molar-refractivity contribution is 6.10. The molecule has 3 heteroatoms. The lowest BCUT2D eigenvalue weighted by molar-refractivity contribution is 1.18. The maximum absolute atomic E-state index is 5.89. The van der Waals surface area contributed by atoms with Gasteiger partial charge in [-0.05, 0) is 60.2 Å². The van der Waals surface area contributed by atoms with Gasteiger partial charge in [0.1, 0.15) is 0 Å². The highest BCUT2D eigenvalue weighted by atomic mass is 15.0. The summed E-state index contributed by atoms with van der Waals surface area (Å²) in [4.78, 5) is 0. The Morgan fingerprint density at radius 1 is 0.576 bits per heavy atom. The summed E-state index contributed by atoms with van der Waals surface area (Å²) in [6.45, 7) is 0. The predicted octanol–water partition coefficient (Wildman–Crippen LogP) is 7.78. The number of nitrogen functional groups attached to an aromatic ring is 1. The van der Waals surface area contributed by atoms with Crippen LogP contribution in [0, 0.1) is 0 Å². The molecule has 0 spiro atoms. The molecule has 5 aromatic carbocycles. The number of nitrogens with zero attached hydrogens (tertiary/aromatic N) is 1. The molecule has 3 N–H and O–H groups in total. The molecule has 0 amide bonds. The van der Waals surface area contributed by atoms with Gasteiger partial charge in [0.2, 0.25) is 0 Å². The molecule has 0 saturated heterocycles. The van der Waals surface area contributed by atoms with Gasteiger partial charge in [-0.25, -0.2) is 0 Å². The Labute approximate surface area is 192 Å². The Morgan fingerprint density at radius 3 is 2.12 bits per heavy atom. The van der Waals surface area contributed by atoms with E-state index in [-0.39, 0.29) is 0 Å². The van der Waals surface area contributed by atoms with Crippen molar-refractivity contribution in [3.8, 4) is 16.8 Å². The Hall–Kier alpha value is -4.50. The molecule has 0 saturated carbocycles. The molecule has 0 bridgehead atoms. The molecule has 0 atom stereocenters. The summed E-state index contributed by atoms with van der Waals surface area (Å²) >= 11 is 0. The molecule has 1 heterocycles. The minimum atomic E-state index is 0.768. The third-order valence-corrected chi connectivity index (χ3v) is 6.11. The topological polar surface area (TPSA) is 43.0 Å². The van der Waals surface area contributed by atoms with E-state index in [2.05, 4.69) is 119 Å². The number of hydrogen-bond donors (Lipinski definition) is 2. The highest BCUT2D eigenvalue weighted by Crippen LogP contribution is 2.36. The number of nitrogens with two attached hydrogens (primary N) is 1. The van der Waals surface area contributed by atoms with Crippen LogP contribution in [0.15, 0.2) is 121 Å². The number of para-hydroxylation sites is 3. The molecular formula is C30H23N3. The van der Waals surface area contributed by atoms with E-state index in [4.69, 9.17) is 5.73 Å². The van der Waals surface area contributed by atoms with Crippen LogP contribution in [-0.2, 0) is 0 Å². The lowest BCUT2D eigenvalue weighted by atomic mass is 10.0. The van der Waals surface area contributed by atoms with Gasteiger partial charge in [-0.2, -0.15) is 0 Å². The van der Waals surface area contributed by atoms with E-state index in [0.717, 1.165) is 33.9 Å². The molecule has 0 radical (unpaired) electrons. The number of rotatable bonds is 4. The van der Waals surface area contributed by atoms with Gasteiger partial charge in [-0.15, -0.1) is 0 Å². The molecule has 6 aromatic rings. The van der Waals surface area contributed by atoms with Gasteiger partial charge >= 0.3 is 0 Å². The lowest BCUT2D eigenvalue weighted by Gasteiger charge is -2.13. The summed E-state index contributed by atoms with van der Waals surface area (Å²) in [5.74, 6) is 0. The molecule has 3 nitrogen and oxygen atoms in total. The Morgan fingerprint density at radius 2 is 1.27 bits per heavy atom. The standard InChI is InChI=1S/C30H23N3/c31-22-16-14-21(15-17-22)25-10-4-6-12-28(25)32-23-18-19-30-27(20-23)26-11-5-7-13-29(26)33(30)24-8-2-1-3-9-24/h1-20,32H,31H2. The SMILES string of the molecule is Nc1ccc(-c2ccccc2Nc2ccc3c(c2)c2ccccc2n3-c2ccccc2)cc1. The normalized spacial score (nSPS) is 11.2. The second-order valence-corrected chi connectivity index (χ2v) is 8.21. The molecule has 0 aliphatic rings. The smallest absolute Gasteiger partial charge is 0.0542 e. The fourth-order valence-electron chi connectivity index (χ4n) is 4.57. The van der Waals surface area contributed by atoms with E-state index in [0.29, 0.717) is 0 Å². The van der Waals surface area contributed by atoms with Crippen LogP contribution < -0.4 is 11.1 Å². The Balaban J connectivity index is 1.47. The van der Waals surface area contributed by atoms with Crippen molar-refractivity contribution in [2.75, 3.05) is 11.1 Å². The summed E-state index contributed by atoms with van der Waals surface area (Å²) in [7, 11) is 0. The highest BCUT2D eigenvalue weighted by Gasteiger charge is 2.13. The van der Waals surface area contributed by atoms with Crippen molar-refractivity contribution in [2.45, 2.75) is 0 Å². The van der Waals surface area contributed by atoms with Crippen LogP contribution in [0.3, 0.4) is 0 Å². The van der Waals surface area contributed by atoms with Crippen molar-refractivity contribution in [2.24, 2.45) is 0 Å². The number of hydrogen-bond acceptors (Lipinski definition) is 2. The van der Waals surface area contributed by atoms with Crippen LogP contribution in [0.2, 0.25) is 0 Å². The maximum atomic E-state index is 5.89. The predicted molar refractivity (Wildman–Crippen MR) is 140 cm³/mol. The largest absolute Gasteiger partial charge is 0.399 e. The van der Waals surface area contributed by atoms with E-state index >= 15 is 0 Å². The molecule has 0 aliphatic heterocycles. The molecule has 0 fully saturated rings. The van der Waals surface area contributed by atoms with Crippen LogP contribution in [0.4, 0.5) is 17.1 Å². The van der Waals surface area contributed by atoms with Gasteiger partial charge in [-0.1, -0.05) is 66.7 Å². The molecule has 0 unspecified atom stereocenters. The summed E-state index contributed by atoms with van der Waals surface area (Å²) in [6.07, 6.45) is 0. The molecule has 0 aliphatic carbocycles. The average Bonchev–Trinajstić information content (AvgIpc) is 3.19. The molecular weight excluding hydrogens is 402 g/mol. The van der Waals surface area contributed by atoms with Gasteiger partial charge in [0.05, 0.1) is 11.0 Å². The zero-order valence-corrected chi connectivity index (χ0v) is 18.1. The van der Waals surface area contributed by atoms with Crippen LogP contribution in [-0.4, -0.2) is 4.57 Å². The van der Waals surface area contributed by atoms with Crippen molar-refractivity contribution in [1.82, 2.24) is 4.57 Å². The van der Waals surface area contributed by atoms with Crippen molar-refractivity contribution >= 4 is 38.9 Å². The van der Waals surface area contributed by atoms with Gasteiger partial charge in [0, 0.05) is 39.1 Å². The van der Waals surface area contributed by atoms with Gasteiger partial charge in [0.15, 0.2) is 0 Å². The second-order valence-electron chi connectivity index (χ2n) is 8.21. The second kappa shape index (κ2) is 7.88. The Kier molecular flexibility index (Phi) is 4.59. The fraction of sp³-hybridized carbons (Fsp3) is 0. The number of anilines is 3. The minimum absolute atomic E-state index is 0.768. The van der Waals surface area contributed by atoms with Crippen LogP contribution in [0.1, 0.15) is 0 Å². The minimum Gasteiger partial charge on any atom is -0.399 e. The summed E-state index contributed by atoms with van der Waals surface area (Å²) in [6, 6.07) is 42.1. The zero-order valence-electron chi connectivity index (χ0n) is 18.1. The first-order valence-corrected chi connectivity index (χ1v) is 11.1. The summed E-state index contributed by atoms with van der Waals surface area (Å²) in [5.41, 5.74) is 14.6. The first-order valence-electron chi connectivity index (χ1n) is 11.1. The first kappa shape index (κ1) is 19.2. The fourth-order valence-corrected chi connectivity index (χ4v) is 4.57. The third kappa shape index (κ3) is 3.40. The van der Waals surface area contributed by atoms with Gasteiger partial charge in [0.25, 0.3) is 0 Å². The lowest BCUT2D eigenvalue weighted by Crippen LogP contribution is -1.95. The quantitative estimate of drug-likeness (QED) is 0.283. The summed E-state index contributed by atoms with van der Waals surface area (Å²) in [5, 5.41) is 6.12. The van der Waals surface area contributed by atoms with Gasteiger partial charge < -0.3 is 15.6 Å².